The molecule has 4 rings (SSSR count). The fraction of sp³-hybridized carbons (Fsp3) is 0.211. The number of carboxylic acid groups (broad SMARTS) is 1. The normalized spacial score (nSPS) is 17.4. The van der Waals surface area contributed by atoms with Crippen molar-refractivity contribution in [2.24, 2.45) is 10.2 Å². The number of aryl methyl sites for hydroxylation is 1. The van der Waals surface area contributed by atoms with Gasteiger partial charge in [0.2, 0.25) is 17.6 Å². The predicted octanol–water partition coefficient (Wildman–Crippen LogP) is 1.83. The Hall–Kier alpha value is -3.87. The molecule has 2 aromatic heterocycles. The SMILES string of the molecule is Cc1nccn1Cc1nc(-c2cc(C=NN=C3NC(=O)C(CC(=O)O)S3)ccc2F)no1. The number of carbonyl (C=O) groups is 2. The van der Waals surface area contributed by atoms with Gasteiger partial charge in [-0.1, -0.05) is 23.0 Å². The van der Waals surface area contributed by atoms with Gasteiger partial charge in [-0.25, -0.2) is 9.37 Å². The fourth-order valence-electron chi connectivity index (χ4n) is 2.83. The number of nitrogens with one attached hydrogen (secondary N) is 1. The molecule has 1 atom stereocenters. The molecule has 13 heteroatoms. The van der Waals surface area contributed by atoms with E-state index in [1.54, 1.807) is 12.4 Å². The number of amides is 1. The minimum Gasteiger partial charge on any atom is -0.481 e. The first-order valence-corrected chi connectivity index (χ1v) is 10.2. The lowest BCUT2D eigenvalue weighted by Crippen LogP contribution is -2.26. The molecule has 1 aliphatic heterocycles. The van der Waals surface area contributed by atoms with Crippen molar-refractivity contribution in [2.45, 2.75) is 25.1 Å². The maximum absolute atomic E-state index is 14.4. The second-order valence-corrected chi connectivity index (χ2v) is 7.89. The van der Waals surface area contributed by atoms with Crippen LogP contribution in [-0.4, -0.2) is 53.3 Å². The van der Waals surface area contributed by atoms with E-state index < -0.39 is 22.9 Å². The van der Waals surface area contributed by atoms with Crippen molar-refractivity contribution >= 4 is 35.0 Å². The Bertz CT molecular complexity index is 1240. The quantitative estimate of drug-likeness (QED) is 0.403. The number of halogens is 1. The zero-order valence-electron chi connectivity index (χ0n) is 16.6. The third-order valence-corrected chi connectivity index (χ3v) is 5.49. The maximum atomic E-state index is 14.4. The third-order valence-electron chi connectivity index (χ3n) is 4.42. The van der Waals surface area contributed by atoms with E-state index in [1.165, 1.54) is 24.4 Å². The van der Waals surface area contributed by atoms with E-state index in [4.69, 9.17) is 9.63 Å². The first-order chi connectivity index (χ1) is 15.4. The molecule has 0 radical (unpaired) electrons. The number of carbonyl (C=O) groups excluding carboxylic acids is 1. The summed E-state index contributed by atoms with van der Waals surface area (Å²) in [4.78, 5) is 30.8. The van der Waals surface area contributed by atoms with E-state index in [0.29, 0.717) is 18.0 Å². The molecule has 1 aromatic carbocycles. The van der Waals surface area contributed by atoms with Gasteiger partial charge in [0.25, 0.3) is 0 Å². The molecule has 3 aromatic rings. The van der Waals surface area contributed by atoms with Crippen molar-refractivity contribution in [1.29, 1.82) is 0 Å². The zero-order chi connectivity index (χ0) is 22.7. The lowest BCUT2D eigenvalue weighted by atomic mass is 10.1. The van der Waals surface area contributed by atoms with Gasteiger partial charge in [0, 0.05) is 12.4 Å². The van der Waals surface area contributed by atoms with Gasteiger partial charge in [-0.3, -0.25) is 9.59 Å². The van der Waals surface area contributed by atoms with Gasteiger partial charge in [-0.15, -0.1) is 5.10 Å². The van der Waals surface area contributed by atoms with Crippen LogP contribution in [0.2, 0.25) is 0 Å². The number of imidazole rings is 1. The number of carboxylic acids is 1. The van der Waals surface area contributed by atoms with E-state index in [-0.39, 0.29) is 23.0 Å². The summed E-state index contributed by atoms with van der Waals surface area (Å²) >= 11 is 0.986. The van der Waals surface area contributed by atoms with Gasteiger partial charge in [0.05, 0.1) is 18.2 Å². The molecule has 0 spiro atoms. The van der Waals surface area contributed by atoms with Crippen molar-refractivity contribution < 1.29 is 23.6 Å². The number of benzene rings is 1. The summed E-state index contributed by atoms with van der Waals surface area (Å²) in [5.74, 6) is -0.875. The second kappa shape index (κ2) is 9.09. The summed E-state index contributed by atoms with van der Waals surface area (Å²) in [7, 11) is 0. The Labute approximate surface area is 184 Å². The molecule has 1 unspecified atom stereocenters. The zero-order valence-corrected chi connectivity index (χ0v) is 17.4. The standard InChI is InChI=1S/C19H16FN7O4S/c1-10-21-4-5-27(10)9-15-23-17(26-31-15)12-6-11(2-3-13(12)20)8-22-25-19-24-18(30)14(32-19)7-16(28)29/h2-6,8,14H,7,9H2,1H3,(H,28,29)(H,24,25,30). The number of aromatic nitrogens is 4. The van der Waals surface area contributed by atoms with Crippen LogP contribution in [0.4, 0.5) is 4.39 Å². The minimum atomic E-state index is -1.08. The van der Waals surface area contributed by atoms with Crippen LogP contribution in [0.25, 0.3) is 11.4 Å². The lowest BCUT2D eigenvalue weighted by molar-refractivity contribution is -0.138. The smallest absolute Gasteiger partial charge is 0.305 e. The molecule has 1 saturated heterocycles. The van der Waals surface area contributed by atoms with E-state index in [2.05, 4.69) is 30.6 Å². The third kappa shape index (κ3) is 4.88. The van der Waals surface area contributed by atoms with Crippen LogP contribution in [-0.2, 0) is 16.1 Å². The molecule has 32 heavy (non-hydrogen) atoms. The molecule has 0 aliphatic carbocycles. The lowest BCUT2D eigenvalue weighted by Gasteiger charge is -2.00. The monoisotopic (exact) mass is 457 g/mol. The van der Waals surface area contributed by atoms with E-state index in [0.717, 1.165) is 17.6 Å². The number of thioether (sulfide) groups is 1. The molecule has 164 valence electrons. The maximum Gasteiger partial charge on any atom is 0.305 e. The van der Waals surface area contributed by atoms with Gasteiger partial charge in [0.15, 0.2) is 5.17 Å². The van der Waals surface area contributed by atoms with Crippen LogP contribution < -0.4 is 5.32 Å². The minimum absolute atomic E-state index is 0.0898. The highest BCUT2D eigenvalue weighted by atomic mass is 32.2. The first kappa shape index (κ1) is 21.4. The van der Waals surface area contributed by atoms with Gasteiger partial charge in [0.1, 0.15) is 23.4 Å². The molecule has 11 nitrogen and oxygen atoms in total. The highest BCUT2D eigenvalue weighted by Gasteiger charge is 2.32. The largest absolute Gasteiger partial charge is 0.481 e. The number of amidine groups is 1. The van der Waals surface area contributed by atoms with Crippen LogP contribution >= 0.6 is 11.8 Å². The van der Waals surface area contributed by atoms with Gasteiger partial charge < -0.3 is 19.5 Å². The molecule has 1 amide bonds. The number of hydrogen-bond acceptors (Lipinski definition) is 9. The number of rotatable bonds is 7. The topological polar surface area (TPSA) is 148 Å². The number of aliphatic carboxylic acids is 1. The van der Waals surface area contributed by atoms with E-state index >= 15 is 0 Å². The Kier molecular flexibility index (Phi) is 6.07. The predicted molar refractivity (Wildman–Crippen MR) is 113 cm³/mol. The molecule has 0 bridgehead atoms. The van der Waals surface area contributed by atoms with Crippen LogP contribution in [0, 0.1) is 12.7 Å². The summed E-state index contributed by atoms with van der Waals surface area (Å²) < 4.78 is 21.4. The molecular weight excluding hydrogens is 441 g/mol. The fourth-order valence-corrected chi connectivity index (χ4v) is 3.75. The molecule has 0 saturated carbocycles. The molecular formula is C19H16FN7O4S. The number of nitrogens with zero attached hydrogens (tertiary/aromatic N) is 6. The molecule has 2 N–H and O–H groups in total. The second-order valence-electron chi connectivity index (χ2n) is 6.70. The van der Waals surface area contributed by atoms with Gasteiger partial charge >= 0.3 is 5.97 Å². The van der Waals surface area contributed by atoms with Crippen molar-refractivity contribution in [1.82, 2.24) is 25.0 Å². The Balaban J connectivity index is 1.47. The summed E-state index contributed by atoms with van der Waals surface area (Å²) in [5, 5.41) is 22.3. The highest BCUT2D eigenvalue weighted by molar-refractivity contribution is 8.15. The van der Waals surface area contributed by atoms with Crippen LogP contribution in [0.15, 0.2) is 45.3 Å². The molecule has 1 aliphatic rings. The van der Waals surface area contributed by atoms with Crippen molar-refractivity contribution in [3.8, 4) is 11.4 Å². The van der Waals surface area contributed by atoms with E-state index in [1.807, 2.05) is 11.5 Å². The molecule has 3 heterocycles. The van der Waals surface area contributed by atoms with Crippen LogP contribution in [0.1, 0.15) is 23.7 Å². The van der Waals surface area contributed by atoms with Crippen molar-refractivity contribution in [3.63, 3.8) is 0 Å². The van der Waals surface area contributed by atoms with Crippen LogP contribution in [0.3, 0.4) is 0 Å². The van der Waals surface area contributed by atoms with Gasteiger partial charge in [-0.2, -0.15) is 10.1 Å². The van der Waals surface area contributed by atoms with Crippen molar-refractivity contribution in [2.75, 3.05) is 0 Å². The van der Waals surface area contributed by atoms with Gasteiger partial charge in [-0.05, 0) is 24.6 Å². The molecule has 1 fully saturated rings. The summed E-state index contributed by atoms with van der Waals surface area (Å²) in [5.41, 5.74) is 0.642. The Morgan fingerprint density at radius 1 is 1.47 bits per heavy atom. The number of hydrogen-bond donors (Lipinski definition) is 2. The van der Waals surface area contributed by atoms with E-state index in [9.17, 15) is 14.0 Å². The Morgan fingerprint density at radius 3 is 3.06 bits per heavy atom. The summed E-state index contributed by atoms with van der Waals surface area (Å²) in [6.45, 7) is 2.15. The first-order valence-electron chi connectivity index (χ1n) is 9.29. The van der Waals surface area contributed by atoms with Crippen LogP contribution in [0.5, 0.6) is 0 Å². The van der Waals surface area contributed by atoms with Crippen molar-refractivity contribution in [3.05, 3.63) is 53.7 Å². The highest BCUT2D eigenvalue weighted by Crippen LogP contribution is 2.23. The summed E-state index contributed by atoms with van der Waals surface area (Å²) in [6.07, 6.45) is 4.48. The Morgan fingerprint density at radius 2 is 2.31 bits per heavy atom. The average Bonchev–Trinajstić information content (AvgIpc) is 3.45. The summed E-state index contributed by atoms with van der Waals surface area (Å²) in [6, 6.07) is 4.23. The average molecular weight is 457 g/mol.